The molecule has 0 aromatic heterocycles. The second kappa shape index (κ2) is 4.63. The molecule has 2 aromatic rings. The maximum Gasteiger partial charge on any atom is 0.146 e. The van der Waals surface area contributed by atoms with E-state index < -0.39 is 0 Å². The molecule has 0 radical (unpaired) electrons. The predicted octanol–water partition coefficient (Wildman–Crippen LogP) is 5.85. The minimum absolute atomic E-state index is 0.0508. The SMILES string of the molecule is CC1(C)[C@H]2CC[C@]1(C)C(=O)[C@]21C[C@H]1c1ccc(-c2ccccc2)cc1. The van der Waals surface area contributed by atoms with Crippen molar-refractivity contribution in [3.8, 4) is 11.1 Å². The van der Waals surface area contributed by atoms with Crippen LogP contribution in [0.1, 0.15) is 51.5 Å². The van der Waals surface area contributed by atoms with Gasteiger partial charge in [0.15, 0.2) is 0 Å². The van der Waals surface area contributed by atoms with Gasteiger partial charge >= 0.3 is 0 Å². The van der Waals surface area contributed by atoms with Crippen LogP contribution in [0.4, 0.5) is 0 Å². The van der Waals surface area contributed by atoms with Crippen molar-refractivity contribution in [3.63, 3.8) is 0 Å². The van der Waals surface area contributed by atoms with E-state index in [-0.39, 0.29) is 16.2 Å². The second-order valence-corrected chi connectivity index (χ2v) is 9.26. The van der Waals surface area contributed by atoms with Gasteiger partial charge in [-0.3, -0.25) is 4.79 Å². The monoisotopic (exact) mass is 330 g/mol. The van der Waals surface area contributed by atoms with Gasteiger partial charge in [0.25, 0.3) is 0 Å². The van der Waals surface area contributed by atoms with Crippen molar-refractivity contribution < 1.29 is 4.79 Å². The lowest BCUT2D eigenvalue weighted by Crippen LogP contribution is -2.34. The van der Waals surface area contributed by atoms with Crippen LogP contribution in [0.2, 0.25) is 0 Å². The molecule has 3 aliphatic carbocycles. The van der Waals surface area contributed by atoms with Crippen LogP contribution in [-0.2, 0) is 4.79 Å². The van der Waals surface area contributed by atoms with Crippen LogP contribution in [0.25, 0.3) is 11.1 Å². The Morgan fingerprint density at radius 2 is 1.52 bits per heavy atom. The molecular formula is C24H26O. The van der Waals surface area contributed by atoms with E-state index in [1.54, 1.807) is 0 Å². The average molecular weight is 330 g/mol. The zero-order valence-corrected chi connectivity index (χ0v) is 15.4. The highest BCUT2D eigenvalue weighted by Gasteiger charge is 2.80. The smallest absolute Gasteiger partial charge is 0.146 e. The van der Waals surface area contributed by atoms with Gasteiger partial charge in [0, 0.05) is 10.8 Å². The van der Waals surface area contributed by atoms with E-state index in [9.17, 15) is 4.79 Å². The lowest BCUT2D eigenvalue weighted by Gasteiger charge is -2.32. The molecule has 128 valence electrons. The highest BCUT2D eigenvalue weighted by molar-refractivity contribution is 5.98. The predicted molar refractivity (Wildman–Crippen MR) is 101 cm³/mol. The number of ketones is 1. The Hall–Kier alpha value is -1.89. The third-order valence-corrected chi connectivity index (χ3v) is 8.20. The van der Waals surface area contributed by atoms with Crippen LogP contribution >= 0.6 is 0 Å². The Morgan fingerprint density at radius 3 is 2.12 bits per heavy atom. The second-order valence-electron chi connectivity index (χ2n) is 9.26. The normalized spacial score (nSPS) is 37.6. The minimum atomic E-state index is -0.101. The molecule has 0 unspecified atom stereocenters. The van der Waals surface area contributed by atoms with Crippen molar-refractivity contribution in [2.75, 3.05) is 0 Å². The maximum absolute atomic E-state index is 13.4. The van der Waals surface area contributed by atoms with Gasteiger partial charge in [-0.1, -0.05) is 75.4 Å². The molecule has 0 aliphatic heterocycles. The summed E-state index contributed by atoms with van der Waals surface area (Å²) in [6, 6.07) is 19.5. The number of Topliss-reactive ketones (excluding diaryl/α,β-unsaturated/α-hetero) is 1. The molecule has 5 rings (SSSR count). The molecule has 2 aromatic carbocycles. The van der Waals surface area contributed by atoms with Crippen molar-refractivity contribution in [3.05, 3.63) is 60.2 Å². The lowest BCUT2D eigenvalue weighted by atomic mass is 9.70. The topological polar surface area (TPSA) is 17.1 Å². The number of hydrogen-bond donors (Lipinski definition) is 0. The van der Waals surface area contributed by atoms with Gasteiger partial charge in [-0.25, -0.2) is 0 Å². The fraction of sp³-hybridized carbons (Fsp3) is 0.458. The van der Waals surface area contributed by atoms with Gasteiger partial charge in [-0.05, 0) is 53.2 Å². The Bertz CT molecular complexity index is 847. The summed E-state index contributed by atoms with van der Waals surface area (Å²) in [6.07, 6.45) is 3.39. The molecule has 25 heavy (non-hydrogen) atoms. The number of rotatable bonds is 2. The lowest BCUT2D eigenvalue weighted by molar-refractivity contribution is -0.133. The van der Waals surface area contributed by atoms with E-state index in [2.05, 4.69) is 75.4 Å². The highest BCUT2D eigenvalue weighted by atomic mass is 16.1. The summed E-state index contributed by atoms with van der Waals surface area (Å²) in [5, 5.41) is 0. The Labute approximate surface area is 150 Å². The Morgan fingerprint density at radius 1 is 0.880 bits per heavy atom. The van der Waals surface area contributed by atoms with Crippen LogP contribution in [0.15, 0.2) is 54.6 Å². The summed E-state index contributed by atoms with van der Waals surface area (Å²) in [4.78, 5) is 13.4. The van der Waals surface area contributed by atoms with Crippen LogP contribution in [0, 0.1) is 22.2 Å². The summed E-state index contributed by atoms with van der Waals surface area (Å²) < 4.78 is 0. The van der Waals surface area contributed by atoms with Crippen LogP contribution in [-0.4, -0.2) is 5.78 Å². The van der Waals surface area contributed by atoms with Crippen molar-refractivity contribution in [1.82, 2.24) is 0 Å². The van der Waals surface area contributed by atoms with E-state index >= 15 is 0 Å². The van der Waals surface area contributed by atoms with Crippen molar-refractivity contribution in [2.24, 2.45) is 22.2 Å². The van der Waals surface area contributed by atoms with Crippen LogP contribution in [0.3, 0.4) is 0 Å². The van der Waals surface area contributed by atoms with E-state index in [1.807, 2.05) is 0 Å². The molecule has 0 N–H and O–H groups in total. The molecule has 1 spiro atoms. The summed E-state index contributed by atoms with van der Waals surface area (Å²) in [5.74, 6) is 1.57. The van der Waals surface area contributed by atoms with Gasteiger partial charge in [-0.15, -0.1) is 0 Å². The number of benzene rings is 2. The first kappa shape index (κ1) is 15.4. The summed E-state index contributed by atoms with van der Waals surface area (Å²) in [7, 11) is 0. The molecule has 1 heteroatoms. The molecule has 0 saturated heterocycles. The maximum atomic E-state index is 13.4. The number of carbonyl (C=O) groups excluding carboxylic acids is 1. The first-order chi connectivity index (χ1) is 11.9. The summed E-state index contributed by atoms with van der Waals surface area (Å²) in [6.45, 7) is 6.91. The highest BCUT2D eigenvalue weighted by Crippen LogP contribution is 2.81. The van der Waals surface area contributed by atoms with E-state index in [1.165, 1.54) is 23.1 Å². The van der Waals surface area contributed by atoms with Gasteiger partial charge in [0.2, 0.25) is 0 Å². The van der Waals surface area contributed by atoms with Gasteiger partial charge in [0.1, 0.15) is 5.78 Å². The molecule has 3 aliphatic rings. The zero-order chi connectivity index (χ0) is 17.4. The van der Waals surface area contributed by atoms with Crippen molar-refractivity contribution in [2.45, 2.75) is 46.0 Å². The number of carbonyl (C=O) groups is 1. The first-order valence-electron chi connectivity index (χ1n) is 9.61. The van der Waals surface area contributed by atoms with Crippen molar-refractivity contribution in [1.29, 1.82) is 0 Å². The molecular weight excluding hydrogens is 304 g/mol. The summed E-state index contributed by atoms with van der Waals surface area (Å²) >= 11 is 0. The van der Waals surface area contributed by atoms with E-state index in [4.69, 9.17) is 0 Å². The molecule has 1 nitrogen and oxygen atoms in total. The molecule has 0 heterocycles. The molecule has 3 saturated carbocycles. The third-order valence-electron chi connectivity index (χ3n) is 8.20. The Balaban J connectivity index is 1.47. The quantitative estimate of drug-likeness (QED) is 0.675. The fourth-order valence-electron chi connectivity index (χ4n) is 6.35. The number of hydrogen-bond acceptors (Lipinski definition) is 1. The van der Waals surface area contributed by atoms with Gasteiger partial charge in [0.05, 0.1) is 0 Å². The molecule has 3 fully saturated rings. The van der Waals surface area contributed by atoms with Crippen LogP contribution in [0.5, 0.6) is 0 Å². The zero-order valence-electron chi connectivity index (χ0n) is 15.4. The van der Waals surface area contributed by atoms with Gasteiger partial charge in [-0.2, -0.15) is 0 Å². The molecule has 0 amide bonds. The molecule has 2 bridgehead atoms. The van der Waals surface area contributed by atoms with Gasteiger partial charge < -0.3 is 0 Å². The standard InChI is InChI=1S/C24H26O/c1-22(2)20-13-14-23(22,3)21(25)24(20)15-19(24)18-11-9-17(10-12-18)16-7-5-4-6-8-16/h4-12,19-20H,13-15H2,1-3H3/t19-,20+,23+,24-/m0/s1. The third kappa shape index (κ3) is 1.72. The number of fused-ring (bicyclic) bond motifs is 3. The molecule has 4 atom stereocenters. The average Bonchev–Trinajstić information content (AvgIpc) is 3.28. The Kier molecular flexibility index (Phi) is 2.85. The van der Waals surface area contributed by atoms with Crippen molar-refractivity contribution >= 4 is 5.78 Å². The largest absolute Gasteiger partial charge is 0.298 e. The summed E-state index contributed by atoms with van der Waals surface area (Å²) in [5.41, 5.74) is 3.87. The fourth-order valence-corrected chi connectivity index (χ4v) is 6.35. The van der Waals surface area contributed by atoms with E-state index in [0.29, 0.717) is 17.6 Å². The van der Waals surface area contributed by atoms with Crippen LogP contribution < -0.4 is 0 Å². The minimum Gasteiger partial charge on any atom is -0.298 e. The van der Waals surface area contributed by atoms with E-state index in [0.717, 1.165) is 12.8 Å². The first-order valence-corrected chi connectivity index (χ1v) is 9.61.